The van der Waals surface area contributed by atoms with Gasteiger partial charge in [-0.05, 0) is 41.1 Å². The Hall–Kier alpha value is -0.520. The summed E-state index contributed by atoms with van der Waals surface area (Å²) >= 11 is 9.12. The Labute approximate surface area is 134 Å². The zero-order valence-electron chi connectivity index (χ0n) is 10.9. The maximum Gasteiger partial charge on any atom is 0.127 e. The highest BCUT2D eigenvalue weighted by Gasteiger charge is 2.23. The number of methoxy groups -OCH3 is 2. The largest absolute Gasteiger partial charge is 0.496 e. The molecule has 0 bridgehead atoms. The summed E-state index contributed by atoms with van der Waals surface area (Å²) in [6.07, 6.45) is 0. The number of benzene rings is 1. The molecule has 1 aromatic heterocycles. The van der Waals surface area contributed by atoms with Crippen LogP contribution < -0.4 is 9.47 Å². The van der Waals surface area contributed by atoms with Gasteiger partial charge in [0.25, 0.3) is 0 Å². The lowest BCUT2D eigenvalue weighted by atomic mass is 10.1. The monoisotopic (exact) mass is 404 g/mol. The van der Waals surface area contributed by atoms with E-state index in [0.29, 0.717) is 0 Å². The number of thiophene rings is 1. The molecule has 0 amide bonds. The molecule has 19 heavy (non-hydrogen) atoms. The van der Waals surface area contributed by atoms with Crippen LogP contribution in [0.2, 0.25) is 0 Å². The molecule has 2 rings (SSSR count). The van der Waals surface area contributed by atoms with E-state index in [2.05, 4.69) is 44.8 Å². The van der Waals surface area contributed by atoms with Gasteiger partial charge in [-0.15, -0.1) is 11.3 Å². The van der Waals surface area contributed by atoms with E-state index in [-0.39, 0.29) is 4.83 Å². The van der Waals surface area contributed by atoms with Crippen molar-refractivity contribution in [1.82, 2.24) is 0 Å². The van der Waals surface area contributed by atoms with E-state index < -0.39 is 0 Å². The van der Waals surface area contributed by atoms with Crippen molar-refractivity contribution in [1.29, 1.82) is 0 Å². The summed E-state index contributed by atoms with van der Waals surface area (Å²) in [5.74, 6) is 1.64. The number of ether oxygens (including phenoxy) is 2. The van der Waals surface area contributed by atoms with Crippen LogP contribution in [0.1, 0.15) is 20.1 Å². The molecule has 1 aromatic carbocycles. The van der Waals surface area contributed by atoms with Crippen molar-refractivity contribution in [3.05, 3.63) is 44.1 Å². The second-order valence-electron chi connectivity index (χ2n) is 4.01. The minimum absolute atomic E-state index is 0.0340. The summed E-state index contributed by atoms with van der Waals surface area (Å²) < 4.78 is 12.0. The van der Waals surface area contributed by atoms with Crippen molar-refractivity contribution < 1.29 is 9.47 Å². The summed E-state index contributed by atoms with van der Waals surface area (Å²) in [5.41, 5.74) is 1.01. The molecule has 0 N–H and O–H groups in total. The van der Waals surface area contributed by atoms with E-state index in [1.807, 2.05) is 18.2 Å². The van der Waals surface area contributed by atoms with E-state index in [0.717, 1.165) is 21.5 Å². The van der Waals surface area contributed by atoms with Crippen LogP contribution >= 0.6 is 43.2 Å². The zero-order chi connectivity index (χ0) is 14.0. The first-order valence-electron chi connectivity index (χ1n) is 5.69. The van der Waals surface area contributed by atoms with Gasteiger partial charge in [-0.3, -0.25) is 0 Å². The predicted octanol–water partition coefficient (Wildman–Crippen LogP) is 5.32. The molecule has 1 unspecified atom stereocenters. The number of hydrogen-bond donors (Lipinski definition) is 0. The van der Waals surface area contributed by atoms with E-state index in [9.17, 15) is 0 Å². The standard InChI is InChI=1S/C14H14Br2O2S/c1-8-7-9(15)14(19-8)13(16)12-10(17-2)5-4-6-11(12)18-3/h4-7,13H,1-3H3. The number of alkyl halides is 1. The molecule has 0 spiro atoms. The van der Waals surface area contributed by atoms with Crippen LogP contribution in [0, 0.1) is 6.92 Å². The molecule has 0 aliphatic carbocycles. The lowest BCUT2D eigenvalue weighted by Crippen LogP contribution is -1.99. The highest BCUT2D eigenvalue weighted by atomic mass is 79.9. The van der Waals surface area contributed by atoms with Gasteiger partial charge in [-0.25, -0.2) is 0 Å². The van der Waals surface area contributed by atoms with Crippen molar-refractivity contribution in [2.24, 2.45) is 0 Å². The first-order valence-corrected chi connectivity index (χ1v) is 8.21. The van der Waals surface area contributed by atoms with Crippen LogP contribution in [-0.4, -0.2) is 14.2 Å². The summed E-state index contributed by atoms with van der Waals surface area (Å²) in [4.78, 5) is 2.51. The summed E-state index contributed by atoms with van der Waals surface area (Å²) in [5, 5.41) is 0. The van der Waals surface area contributed by atoms with Crippen LogP contribution in [-0.2, 0) is 0 Å². The average Bonchev–Trinajstić information content (AvgIpc) is 2.75. The van der Waals surface area contributed by atoms with Crippen LogP contribution in [0.15, 0.2) is 28.7 Å². The fourth-order valence-electron chi connectivity index (χ4n) is 1.93. The Kier molecular flexibility index (Phi) is 4.92. The molecule has 1 atom stereocenters. The molecule has 102 valence electrons. The molecular formula is C14H14Br2O2S. The van der Waals surface area contributed by atoms with E-state index in [1.165, 1.54) is 9.75 Å². The SMILES string of the molecule is COc1cccc(OC)c1C(Br)c1sc(C)cc1Br. The number of aryl methyl sites for hydroxylation is 1. The number of rotatable bonds is 4. The quantitative estimate of drug-likeness (QED) is 0.640. The fourth-order valence-corrected chi connectivity index (χ4v) is 5.09. The maximum atomic E-state index is 5.46. The third-order valence-corrected chi connectivity index (χ3v) is 6.04. The second kappa shape index (κ2) is 6.29. The Bertz CT molecular complexity index is 559. The highest BCUT2D eigenvalue weighted by molar-refractivity contribution is 9.11. The van der Waals surface area contributed by atoms with E-state index in [1.54, 1.807) is 25.6 Å². The van der Waals surface area contributed by atoms with Gasteiger partial charge in [0.2, 0.25) is 0 Å². The van der Waals surface area contributed by atoms with Crippen molar-refractivity contribution in [3.8, 4) is 11.5 Å². The predicted molar refractivity (Wildman–Crippen MR) is 87.1 cm³/mol. The average molecular weight is 406 g/mol. The molecule has 0 radical (unpaired) electrons. The molecule has 0 saturated carbocycles. The molecule has 1 heterocycles. The minimum Gasteiger partial charge on any atom is -0.496 e. The molecule has 2 nitrogen and oxygen atoms in total. The normalized spacial score (nSPS) is 12.3. The number of halogens is 2. The van der Waals surface area contributed by atoms with Gasteiger partial charge in [0.15, 0.2) is 0 Å². The van der Waals surface area contributed by atoms with Gasteiger partial charge in [-0.1, -0.05) is 22.0 Å². The van der Waals surface area contributed by atoms with Gasteiger partial charge in [-0.2, -0.15) is 0 Å². The minimum atomic E-state index is 0.0340. The van der Waals surface area contributed by atoms with Crippen molar-refractivity contribution >= 4 is 43.2 Å². The first-order chi connectivity index (χ1) is 9.08. The van der Waals surface area contributed by atoms with Crippen molar-refractivity contribution in [2.45, 2.75) is 11.8 Å². The Morgan fingerprint density at radius 1 is 1.16 bits per heavy atom. The fraction of sp³-hybridized carbons (Fsp3) is 0.286. The lowest BCUT2D eigenvalue weighted by Gasteiger charge is -2.17. The molecule has 5 heteroatoms. The van der Waals surface area contributed by atoms with Gasteiger partial charge in [0, 0.05) is 14.2 Å². The number of hydrogen-bond acceptors (Lipinski definition) is 3. The molecule has 0 aliphatic heterocycles. The zero-order valence-corrected chi connectivity index (χ0v) is 14.9. The second-order valence-corrected chi connectivity index (χ2v) is 7.07. The van der Waals surface area contributed by atoms with Gasteiger partial charge in [0.1, 0.15) is 11.5 Å². The summed E-state index contributed by atoms with van der Waals surface area (Å²) in [7, 11) is 3.35. The third kappa shape index (κ3) is 2.98. The Morgan fingerprint density at radius 2 is 1.74 bits per heavy atom. The molecule has 0 fully saturated rings. The van der Waals surface area contributed by atoms with Crippen LogP contribution in [0.4, 0.5) is 0 Å². The molecule has 0 saturated heterocycles. The first kappa shape index (κ1) is 14.9. The lowest BCUT2D eigenvalue weighted by molar-refractivity contribution is 0.387. The smallest absolute Gasteiger partial charge is 0.127 e. The maximum absolute atomic E-state index is 5.46. The van der Waals surface area contributed by atoms with Crippen LogP contribution in [0.25, 0.3) is 0 Å². The van der Waals surface area contributed by atoms with E-state index >= 15 is 0 Å². The van der Waals surface area contributed by atoms with E-state index in [4.69, 9.17) is 9.47 Å². The van der Waals surface area contributed by atoms with Crippen LogP contribution in [0.3, 0.4) is 0 Å². The van der Waals surface area contributed by atoms with Crippen LogP contribution in [0.5, 0.6) is 11.5 Å². The molecular weight excluding hydrogens is 392 g/mol. The van der Waals surface area contributed by atoms with Crippen molar-refractivity contribution in [3.63, 3.8) is 0 Å². The Morgan fingerprint density at radius 3 is 2.16 bits per heavy atom. The molecule has 2 aromatic rings. The summed E-state index contributed by atoms with van der Waals surface area (Å²) in [6.45, 7) is 2.10. The Balaban J connectivity index is 2.54. The summed E-state index contributed by atoms with van der Waals surface area (Å²) in [6, 6.07) is 7.94. The van der Waals surface area contributed by atoms with Gasteiger partial charge in [0.05, 0.1) is 24.6 Å². The van der Waals surface area contributed by atoms with Gasteiger partial charge < -0.3 is 9.47 Å². The molecule has 0 aliphatic rings. The third-order valence-electron chi connectivity index (χ3n) is 2.79. The van der Waals surface area contributed by atoms with Crippen molar-refractivity contribution in [2.75, 3.05) is 14.2 Å². The highest BCUT2D eigenvalue weighted by Crippen LogP contribution is 2.46. The topological polar surface area (TPSA) is 18.5 Å². The van der Waals surface area contributed by atoms with Gasteiger partial charge >= 0.3 is 0 Å².